The normalized spacial score (nSPS) is 21.9. The van der Waals surface area contributed by atoms with Gasteiger partial charge in [-0.05, 0) is 40.7 Å². The summed E-state index contributed by atoms with van der Waals surface area (Å²) in [5.74, 6) is 0. The molecule has 0 heterocycles. The van der Waals surface area contributed by atoms with Crippen molar-refractivity contribution in [1.29, 1.82) is 0 Å². The zero-order valence-corrected chi connectivity index (χ0v) is 9.77. The second kappa shape index (κ2) is 4.45. The molecule has 0 spiro atoms. The maximum Gasteiger partial charge on any atom is 0.0124 e. The molecule has 0 aliphatic heterocycles. The van der Waals surface area contributed by atoms with Crippen LogP contribution in [0.4, 0.5) is 0 Å². The molecule has 0 unspecified atom stereocenters. The smallest absolute Gasteiger partial charge is 0.0124 e. The summed E-state index contributed by atoms with van der Waals surface area (Å²) in [7, 11) is 2.29. The van der Waals surface area contributed by atoms with E-state index in [0.29, 0.717) is 5.54 Å². The zero-order chi connectivity index (χ0) is 9.90. The molecule has 0 aromatic rings. The third-order valence-electron chi connectivity index (χ3n) is 3.43. The topological polar surface area (TPSA) is 3.24 Å². The van der Waals surface area contributed by atoms with Gasteiger partial charge in [0.05, 0.1) is 0 Å². The van der Waals surface area contributed by atoms with Gasteiger partial charge in [-0.1, -0.05) is 25.7 Å². The monoisotopic (exact) mass is 183 g/mol. The second-order valence-corrected chi connectivity index (χ2v) is 5.43. The van der Waals surface area contributed by atoms with Gasteiger partial charge in [-0.2, -0.15) is 0 Å². The lowest BCUT2D eigenvalue weighted by Crippen LogP contribution is -2.45. The van der Waals surface area contributed by atoms with Crippen molar-refractivity contribution in [3.05, 3.63) is 0 Å². The van der Waals surface area contributed by atoms with Gasteiger partial charge >= 0.3 is 0 Å². The summed E-state index contributed by atoms with van der Waals surface area (Å²) in [5.41, 5.74) is 0.342. The molecule has 1 fully saturated rings. The fraction of sp³-hybridized carbons (Fsp3) is 1.00. The summed E-state index contributed by atoms with van der Waals surface area (Å²) < 4.78 is 0. The first-order valence-corrected chi connectivity index (χ1v) is 5.75. The van der Waals surface area contributed by atoms with Crippen LogP contribution in [0.15, 0.2) is 0 Å². The fourth-order valence-corrected chi connectivity index (χ4v) is 2.19. The predicted octanol–water partition coefficient (Wildman–Crippen LogP) is 3.44. The lowest BCUT2D eigenvalue weighted by molar-refractivity contribution is 0.106. The van der Waals surface area contributed by atoms with Crippen LogP contribution in [0.5, 0.6) is 0 Å². The zero-order valence-electron chi connectivity index (χ0n) is 9.77. The van der Waals surface area contributed by atoms with Crippen molar-refractivity contribution in [2.45, 2.75) is 70.9 Å². The number of nitrogens with zero attached hydrogens (tertiary/aromatic N) is 1. The van der Waals surface area contributed by atoms with E-state index in [4.69, 9.17) is 0 Å². The highest BCUT2D eigenvalue weighted by Crippen LogP contribution is 2.25. The van der Waals surface area contributed by atoms with E-state index in [-0.39, 0.29) is 0 Å². The molecule has 0 radical (unpaired) electrons. The van der Waals surface area contributed by atoms with Crippen molar-refractivity contribution in [2.75, 3.05) is 7.05 Å². The molecule has 1 aliphatic rings. The van der Waals surface area contributed by atoms with Crippen molar-refractivity contribution >= 4 is 0 Å². The molecule has 0 aromatic heterocycles. The Morgan fingerprint density at radius 1 is 0.923 bits per heavy atom. The van der Waals surface area contributed by atoms with E-state index in [0.717, 1.165) is 6.04 Å². The van der Waals surface area contributed by atoms with Crippen LogP contribution in [0.1, 0.15) is 59.3 Å². The molecular formula is C12H25N. The Morgan fingerprint density at radius 3 is 1.77 bits per heavy atom. The lowest BCUT2D eigenvalue weighted by atomic mass is 9.99. The first-order valence-electron chi connectivity index (χ1n) is 5.75. The summed E-state index contributed by atoms with van der Waals surface area (Å²) in [5, 5.41) is 0. The van der Waals surface area contributed by atoms with Crippen molar-refractivity contribution in [3.63, 3.8) is 0 Å². The Morgan fingerprint density at radius 2 is 1.38 bits per heavy atom. The predicted molar refractivity (Wildman–Crippen MR) is 59.0 cm³/mol. The van der Waals surface area contributed by atoms with Crippen LogP contribution in [0.2, 0.25) is 0 Å². The maximum atomic E-state index is 2.57. The number of hydrogen-bond acceptors (Lipinski definition) is 1. The third-order valence-corrected chi connectivity index (χ3v) is 3.43. The Bertz CT molecular complexity index is 138. The van der Waals surface area contributed by atoms with Crippen LogP contribution < -0.4 is 0 Å². The lowest BCUT2D eigenvalue weighted by Gasteiger charge is -2.38. The van der Waals surface area contributed by atoms with Crippen LogP contribution >= 0.6 is 0 Å². The Balaban J connectivity index is 2.48. The summed E-state index contributed by atoms with van der Waals surface area (Å²) in [6, 6.07) is 0.836. The summed E-state index contributed by atoms with van der Waals surface area (Å²) in [4.78, 5) is 2.57. The molecule has 1 nitrogen and oxygen atoms in total. The van der Waals surface area contributed by atoms with Crippen LogP contribution in [0.3, 0.4) is 0 Å². The largest absolute Gasteiger partial charge is 0.299 e. The van der Waals surface area contributed by atoms with Crippen LogP contribution in [-0.2, 0) is 0 Å². The Kier molecular flexibility index (Phi) is 3.78. The van der Waals surface area contributed by atoms with Crippen molar-refractivity contribution in [3.8, 4) is 0 Å². The van der Waals surface area contributed by atoms with E-state index in [1.807, 2.05) is 0 Å². The van der Waals surface area contributed by atoms with Gasteiger partial charge in [-0.25, -0.2) is 0 Å². The number of rotatable bonds is 1. The first-order chi connectivity index (χ1) is 6.02. The minimum absolute atomic E-state index is 0.342. The molecule has 1 saturated carbocycles. The molecule has 13 heavy (non-hydrogen) atoms. The standard InChI is InChI=1S/C12H25N/c1-12(2,3)13(4)11-9-7-5-6-8-10-11/h11H,5-10H2,1-4H3. The van der Waals surface area contributed by atoms with E-state index >= 15 is 0 Å². The maximum absolute atomic E-state index is 2.57. The van der Waals surface area contributed by atoms with E-state index in [1.165, 1.54) is 38.5 Å². The van der Waals surface area contributed by atoms with Gasteiger partial charge in [0.2, 0.25) is 0 Å². The molecule has 0 saturated heterocycles. The summed E-state index contributed by atoms with van der Waals surface area (Å²) >= 11 is 0. The Hall–Kier alpha value is -0.0400. The molecular weight excluding hydrogens is 158 g/mol. The molecule has 1 heteroatoms. The Labute approximate surface area is 83.5 Å². The molecule has 0 aromatic carbocycles. The van der Waals surface area contributed by atoms with Crippen LogP contribution in [0, 0.1) is 0 Å². The molecule has 78 valence electrons. The van der Waals surface area contributed by atoms with Gasteiger partial charge in [0.25, 0.3) is 0 Å². The molecule has 1 rings (SSSR count). The van der Waals surface area contributed by atoms with E-state index < -0.39 is 0 Å². The average molecular weight is 183 g/mol. The molecule has 0 atom stereocenters. The van der Waals surface area contributed by atoms with Crippen molar-refractivity contribution in [1.82, 2.24) is 4.90 Å². The highest BCUT2D eigenvalue weighted by atomic mass is 15.2. The highest BCUT2D eigenvalue weighted by Gasteiger charge is 2.25. The SMILES string of the molecule is CN(C1CCCCCC1)C(C)(C)C. The van der Waals surface area contributed by atoms with Gasteiger partial charge in [0.15, 0.2) is 0 Å². The minimum Gasteiger partial charge on any atom is -0.299 e. The van der Waals surface area contributed by atoms with Crippen molar-refractivity contribution < 1.29 is 0 Å². The van der Waals surface area contributed by atoms with Gasteiger partial charge in [-0.15, -0.1) is 0 Å². The summed E-state index contributed by atoms with van der Waals surface area (Å²) in [6.07, 6.45) is 8.60. The minimum atomic E-state index is 0.342. The second-order valence-electron chi connectivity index (χ2n) is 5.43. The van der Waals surface area contributed by atoms with Crippen LogP contribution in [-0.4, -0.2) is 23.5 Å². The third kappa shape index (κ3) is 3.30. The molecule has 0 amide bonds. The highest BCUT2D eigenvalue weighted by molar-refractivity contribution is 4.81. The quantitative estimate of drug-likeness (QED) is 0.563. The van der Waals surface area contributed by atoms with Gasteiger partial charge < -0.3 is 0 Å². The van der Waals surface area contributed by atoms with E-state index in [1.54, 1.807) is 0 Å². The average Bonchev–Trinajstić information content (AvgIpc) is 2.28. The van der Waals surface area contributed by atoms with Gasteiger partial charge in [0.1, 0.15) is 0 Å². The summed E-state index contributed by atoms with van der Waals surface area (Å²) in [6.45, 7) is 6.95. The van der Waals surface area contributed by atoms with Crippen LogP contribution in [0.25, 0.3) is 0 Å². The molecule has 1 aliphatic carbocycles. The molecule has 0 N–H and O–H groups in total. The first kappa shape index (κ1) is 11.0. The fourth-order valence-electron chi connectivity index (χ4n) is 2.19. The van der Waals surface area contributed by atoms with E-state index in [2.05, 4.69) is 32.7 Å². The number of hydrogen-bond donors (Lipinski definition) is 0. The van der Waals surface area contributed by atoms with Gasteiger partial charge in [-0.3, -0.25) is 4.90 Å². The van der Waals surface area contributed by atoms with Gasteiger partial charge in [0, 0.05) is 11.6 Å². The van der Waals surface area contributed by atoms with Crippen molar-refractivity contribution in [2.24, 2.45) is 0 Å². The van der Waals surface area contributed by atoms with E-state index in [9.17, 15) is 0 Å². The molecule has 0 bridgehead atoms.